The van der Waals surface area contributed by atoms with Crippen molar-refractivity contribution in [1.82, 2.24) is 14.5 Å². The van der Waals surface area contributed by atoms with Crippen molar-refractivity contribution in [2.45, 2.75) is 41.8 Å². The minimum atomic E-state index is -3.44. The Kier molecular flexibility index (Phi) is 5.73. The Balaban J connectivity index is 1.52. The molecule has 0 spiro atoms. The number of hydrogen-bond acceptors (Lipinski definition) is 7. The second-order valence-corrected chi connectivity index (χ2v) is 11.3. The van der Waals surface area contributed by atoms with Crippen molar-refractivity contribution in [3.05, 3.63) is 28.8 Å². The van der Waals surface area contributed by atoms with E-state index in [2.05, 4.69) is 10.2 Å². The van der Waals surface area contributed by atoms with E-state index in [-0.39, 0.29) is 5.91 Å². The summed E-state index contributed by atoms with van der Waals surface area (Å²) in [5.41, 5.74) is 1.75. The molecule has 2 aliphatic rings. The zero-order chi connectivity index (χ0) is 19.7. The Bertz CT molecular complexity index is 984. The topological polar surface area (TPSA) is 83.5 Å². The van der Waals surface area contributed by atoms with E-state index < -0.39 is 10.0 Å². The molecule has 0 aliphatic carbocycles. The lowest BCUT2D eigenvalue weighted by Crippen LogP contribution is -2.37. The summed E-state index contributed by atoms with van der Waals surface area (Å²) >= 11 is 2.87. The van der Waals surface area contributed by atoms with Gasteiger partial charge in [0, 0.05) is 25.3 Å². The van der Waals surface area contributed by atoms with Gasteiger partial charge in [-0.05, 0) is 56.4 Å². The van der Waals surface area contributed by atoms with E-state index in [0.717, 1.165) is 46.3 Å². The number of fused-ring (bicyclic) bond motifs is 1. The fourth-order valence-electron chi connectivity index (χ4n) is 3.61. The third kappa shape index (κ3) is 3.96. The van der Waals surface area contributed by atoms with Crippen molar-refractivity contribution in [2.24, 2.45) is 0 Å². The van der Waals surface area contributed by atoms with Crippen LogP contribution < -0.4 is 4.90 Å². The first kappa shape index (κ1) is 19.8. The Labute approximate surface area is 173 Å². The lowest BCUT2D eigenvalue weighted by Gasteiger charge is -2.30. The lowest BCUT2D eigenvalue weighted by atomic mass is 10.0. The third-order valence-corrected chi connectivity index (χ3v) is 8.85. The molecular weight excluding hydrogens is 416 g/mol. The van der Waals surface area contributed by atoms with Crippen LogP contribution in [0, 0.1) is 6.92 Å². The number of carbonyl (C=O) groups is 1. The van der Waals surface area contributed by atoms with Gasteiger partial charge in [0.05, 0.1) is 10.6 Å². The molecule has 0 unspecified atom stereocenters. The van der Waals surface area contributed by atoms with E-state index in [1.54, 1.807) is 27.4 Å². The largest absolute Gasteiger partial charge is 0.311 e. The summed E-state index contributed by atoms with van der Waals surface area (Å²) in [5, 5.41) is 8.89. The average Bonchev–Trinajstić information content (AvgIpc) is 3.37. The second-order valence-electron chi connectivity index (χ2n) is 6.93. The number of aryl methyl sites for hydroxylation is 2. The van der Waals surface area contributed by atoms with Crippen LogP contribution in [0.15, 0.2) is 27.4 Å². The first-order chi connectivity index (χ1) is 13.4. The number of sulfonamides is 1. The van der Waals surface area contributed by atoms with E-state index in [4.69, 9.17) is 0 Å². The molecule has 0 bridgehead atoms. The molecule has 10 heteroatoms. The number of benzene rings is 1. The van der Waals surface area contributed by atoms with Crippen LogP contribution in [0.5, 0.6) is 0 Å². The van der Waals surface area contributed by atoms with Gasteiger partial charge in [0.25, 0.3) is 0 Å². The van der Waals surface area contributed by atoms with Gasteiger partial charge in [-0.25, -0.2) is 8.42 Å². The first-order valence-corrected chi connectivity index (χ1v) is 12.6. The summed E-state index contributed by atoms with van der Waals surface area (Å²) in [4.78, 5) is 14.9. The number of hydrogen-bond donors (Lipinski definition) is 0. The van der Waals surface area contributed by atoms with Crippen molar-refractivity contribution in [1.29, 1.82) is 0 Å². The third-order valence-electron chi connectivity index (χ3n) is 5.00. The fraction of sp³-hybridized carbons (Fsp3) is 0.500. The predicted octanol–water partition coefficient (Wildman–Crippen LogP) is 2.70. The van der Waals surface area contributed by atoms with Crippen molar-refractivity contribution in [3.63, 3.8) is 0 Å². The van der Waals surface area contributed by atoms with Crippen molar-refractivity contribution >= 4 is 44.7 Å². The zero-order valence-corrected chi connectivity index (χ0v) is 18.1. The quantitative estimate of drug-likeness (QED) is 0.668. The molecule has 0 radical (unpaired) electrons. The molecule has 3 heterocycles. The van der Waals surface area contributed by atoms with E-state index >= 15 is 0 Å². The molecule has 2 aromatic rings. The summed E-state index contributed by atoms with van der Waals surface area (Å²) in [7, 11) is -3.44. The predicted molar refractivity (Wildman–Crippen MR) is 110 cm³/mol. The molecule has 2 aliphatic heterocycles. The van der Waals surface area contributed by atoms with Crippen LogP contribution in [0.4, 0.5) is 5.69 Å². The molecule has 1 fully saturated rings. The standard InChI is InChI=1S/C18H22N4O3S3/c1-13-19-20-18(27-13)26-12-17(23)22-10-4-5-14-11-15(6-7-16(14)22)28(24,25)21-8-2-3-9-21/h6-7,11H,2-5,8-10,12H2,1H3. The van der Waals surface area contributed by atoms with Crippen molar-refractivity contribution in [3.8, 4) is 0 Å². The van der Waals surface area contributed by atoms with Crippen LogP contribution in [0.1, 0.15) is 29.8 Å². The van der Waals surface area contributed by atoms with Gasteiger partial charge < -0.3 is 4.90 Å². The van der Waals surface area contributed by atoms with Gasteiger partial charge in [-0.2, -0.15) is 4.31 Å². The van der Waals surface area contributed by atoms with Crippen LogP contribution in [0.25, 0.3) is 0 Å². The summed E-state index contributed by atoms with van der Waals surface area (Å²) < 4.78 is 28.0. The number of carbonyl (C=O) groups excluding carboxylic acids is 1. The maximum absolute atomic E-state index is 12.8. The molecule has 1 amide bonds. The monoisotopic (exact) mass is 438 g/mol. The summed E-state index contributed by atoms with van der Waals surface area (Å²) in [5.74, 6) is 0.302. The van der Waals surface area contributed by atoms with Crippen LogP contribution in [0.3, 0.4) is 0 Å². The molecule has 150 valence electrons. The number of anilines is 1. The normalized spacial score (nSPS) is 17.7. The average molecular weight is 439 g/mol. The SMILES string of the molecule is Cc1nnc(SCC(=O)N2CCCc3cc(S(=O)(=O)N4CCCC4)ccc32)s1. The first-order valence-electron chi connectivity index (χ1n) is 9.31. The molecular formula is C18H22N4O3S3. The highest BCUT2D eigenvalue weighted by Gasteiger charge is 2.29. The highest BCUT2D eigenvalue weighted by molar-refractivity contribution is 8.01. The van der Waals surface area contributed by atoms with Crippen LogP contribution in [0.2, 0.25) is 0 Å². The Morgan fingerprint density at radius 2 is 1.96 bits per heavy atom. The highest BCUT2D eigenvalue weighted by Crippen LogP contribution is 2.32. The minimum Gasteiger partial charge on any atom is -0.311 e. The molecule has 1 aromatic heterocycles. The van der Waals surface area contributed by atoms with Gasteiger partial charge in [0.15, 0.2) is 4.34 Å². The zero-order valence-electron chi connectivity index (χ0n) is 15.6. The molecule has 7 nitrogen and oxygen atoms in total. The van der Waals surface area contributed by atoms with Crippen molar-refractivity contribution in [2.75, 3.05) is 30.3 Å². The number of amides is 1. The van der Waals surface area contributed by atoms with Gasteiger partial charge in [0.2, 0.25) is 15.9 Å². The van der Waals surface area contributed by atoms with Gasteiger partial charge in [0.1, 0.15) is 5.01 Å². The van der Waals surface area contributed by atoms with Gasteiger partial charge >= 0.3 is 0 Å². The number of thioether (sulfide) groups is 1. The van der Waals surface area contributed by atoms with E-state index in [0.29, 0.717) is 30.3 Å². The maximum atomic E-state index is 12.8. The van der Waals surface area contributed by atoms with Crippen LogP contribution in [-0.4, -0.2) is 54.2 Å². The van der Waals surface area contributed by atoms with E-state index in [1.165, 1.54) is 23.1 Å². The summed E-state index contributed by atoms with van der Waals surface area (Å²) in [6, 6.07) is 5.18. The molecule has 0 atom stereocenters. The number of nitrogens with zero attached hydrogens (tertiary/aromatic N) is 4. The fourth-order valence-corrected chi connectivity index (χ4v) is 6.87. The molecule has 0 saturated carbocycles. The van der Waals surface area contributed by atoms with E-state index in [1.807, 2.05) is 6.92 Å². The summed E-state index contributed by atoms with van der Waals surface area (Å²) in [6.07, 6.45) is 3.44. The number of aromatic nitrogens is 2. The summed E-state index contributed by atoms with van der Waals surface area (Å²) in [6.45, 7) is 3.72. The minimum absolute atomic E-state index is 0.00829. The van der Waals surface area contributed by atoms with Gasteiger partial charge in [-0.15, -0.1) is 10.2 Å². The molecule has 0 N–H and O–H groups in total. The van der Waals surface area contributed by atoms with E-state index in [9.17, 15) is 13.2 Å². The van der Waals surface area contributed by atoms with Crippen LogP contribution >= 0.6 is 23.1 Å². The maximum Gasteiger partial charge on any atom is 0.243 e. The molecule has 1 saturated heterocycles. The highest BCUT2D eigenvalue weighted by atomic mass is 32.2. The molecule has 4 rings (SSSR count). The molecule has 1 aromatic carbocycles. The van der Waals surface area contributed by atoms with Gasteiger partial charge in [-0.3, -0.25) is 4.79 Å². The Morgan fingerprint density at radius 1 is 1.18 bits per heavy atom. The second kappa shape index (κ2) is 8.10. The van der Waals surface area contributed by atoms with Gasteiger partial charge in [-0.1, -0.05) is 23.1 Å². The Morgan fingerprint density at radius 3 is 2.68 bits per heavy atom. The molecule has 28 heavy (non-hydrogen) atoms. The van der Waals surface area contributed by atoms with Crippen molar-refractivity contribution < 1.29 is 13.2 Å². The Hall–Kier alpha value is -1.49. The number of rotatable bonds is 5. The van der Waals surface area contributed by atoms with Crippen LogP contribution in [-0.2, 0) is 21.2 Å². The lowest BCUT2D eigenvalue weighted by molar-refractivity contribution is -0.116. The smallest absolute Gasteiger partial charge is 0.243 e.